The van der Waals surface area contributed by atoms with Crippen molar-refractivity contribution in [1.82, 2.24) is 48.9 Å². The number of benzene rings is 1. The average molecular weight is 972 g/mol. The van der Waals surface area contributed by atoms with E-state index in [1.165, 1.54) is 55.9 Å². The maximum absolute atomic E-state index is 4.31. The van der Waals surface area contributed by atoms with Gasteiger partial charge in [-0.2, -0.15) is 45.6 Å². The first-order valence-electron chi connectivity index (χ1n) is 22.2. The van der Waals surface area contributed by atoms with Gasteiger partial charge in [0.15, 0.2) is 0 Å². The van der Waals surface area contributed by atoms with Crippen LogP contribution in [0.4, 0.5) is 0 Å². The van der Waals surface area contributed by atoms with Crippen molar-refractivity contribution >= 4 is 17.4 Å². The number of nitrogens with zero attached hydrogens (tertiary/aromatic N) is 11. The Morgan fingerprint density at radius 1 is 0.537 bits per heavy atom. The van der Waals surface area contributed by atoms with Gasteiger partial charge in [-0.25, -0.2) is 19.9 Å². The number of aryl methyl sites for hydroxylation is 12. The average Bonchev–Trinajstić information content (AvgIpc) is 4.09. The Bertz CT molecular complexity index is 2490. The quantitative estimate of drug-likeness (QED) is 0.138. The van der Waals surface area contributed by atoms with Crippen LogP contribution in [-0.4, -0.2) is 68.2 Å². The van der Waals surface area contributed by atoms with E-state index in [0.29, 0.717) is 12.0 Å². The van der Waals surface area contributed by atoms with E-state index >= 15 is 0 Å². The summed E-state index contributed by atoms with van der Waals surface area (Å²) >= 11 is 0. The number of hydrogen-bond acceptors (Lipinski definition) is 9. The summed E-state index contributed by atoms with van der Waals surface area (Å²) in [6, 6.07) is 26.4. The van der Waals surface area contributed by atoms with E-state index in [9.17, 15) is 0 Å². The zero-order valence-electron chi connectivity index (χ0n) is 42.3. The van der Waals surface area contributed by atoms with Crippen molar-refractivity contribution in [2.24, 2.45) is 11.0 Å². The third-order valence-corrected chi connectivity index (χ3v) is 10.7. The zero-order valence-corrected chi connectivity index (χ0v) is 45.1. The molecule has 0 N–H and O–H groups in total. The smallest absolute Gasteiger partial charge is 0.147 e. The molecule has 2 aliphatic rings. The van der Waals surface area contributed by atoms with Gasteiger partial charge in [0, 0.05) is 112 Å². The molecule has 11 nitrogen and oxygen atoms in total. The molecule has 0 saturated heterocycles. The van der Waals surface area contributed by atoms with Crippen LogP contribution in [0.15, 0.2) is 139 Å². The number of fused-ring (bicyclic) bond motifs is 3. The minimum absolute atomic E-state index is 0. The topological polar surface area (TPSA) is 115 Å². The molecule has 67 heavy (non-hydrogen) atoms. The molecule has 347 valence electrons. The summed E-state index contributed by atoms with van der Waals surface area (Å²) < 4.78 is 4.30. The van der Waals surface area contributed by atoms with Crippen LogP contribution < -0.4 is 0 Å². The fourth-order valence-corrected chi connectivity index (χ4v) is 6.81. The predicted molar refractivity (Wildman–Crippen MR) is 272 cm³/mol. The van der Waals surface area contributed by atoms with Crippen LogP contribution in [0.3, 0.4) is 0 Å². The van der Waals surface area contributed by atoms with Crippen LogP contribution in [0.5, 0.6) is 0 Å². The van der Waals surface area contributed by atoms with E-state index in [1.54, 1.807) is 6.20 Å². The molecule has 7 aromatic heterocycles. The number of hydrogen-bond donors (Lipinski definition) is 0. The third kappa shape index (κ3) is 17.9. The normalized spacial score (nSPS) is 13.9. The second kappa shape index (κ2) is 27.6. The second-order valence-corrected chi connectivity index (χ2v) is 16.8. The number of hydrazone groups is 1. The summed E-state index contributed by atoms with van der Waals surface area (Å²) in [6.45, 7) is 28.4. The van der Waals surface area contributed by atoms with Crippen LogP contribution in [0.1, 0.15) is 81.7 Å². The molecule has 0 amide bonds. The Kier molecular flexibility index (Phi) is 22.7. The number of rotatable bonds is 0. The Morgan fingerprint density at radius 3 is 1.70 bits per heavy atom. The predicted octanol–water partition coefficient (Wildman–Crippen LogP) is 11.7. The molecule has 1 aliphatic carbocycles. The van der Waals surface area contributed by atoms with Gasteiger partial charge < -0.3 is 8.80 Å². The molecule has 12 heteroatoms. The van der Waals surface area contributed by atoms with Crippen molar-refractivity contribution in [2.45, 2.75) is 103 Å². The molecule has 0 saturated carbocycles. The van der Waals surface area contributed by atoms with Crippen molar-refractivity contribution in [1.29, 1.82) is 0 Å². The van der Waals surface area contributed by atoms with Crippen molar-refractivity contribution in [3.05, 3.63) is 207 Å². The number of imidazole rings is 1. The van der Waals surface area contributed by atoms with Crippen LogP contribution in [0, 0.1) is 95.1 Å². The summed E-state index contributed by atoms with van der Waals surface area (Å²) in [6.07, 6.45) is 19.5. The van der Waals surface area contributed by atoms with Crippen LogP contribution >= 0.6 is 0 Å². The monoisotopic (exact) mass is 971 g/mol. The fraction of sp³-hybridized carbons (Fsp3) is 0.309. The van der Waals surface area contributed by atoms with E-state index in [1.807, 2.05) is 116 Å². The van der Waals surface area contributed by atoms with E-state index in [-0.39, 0.29) is 32.7 Å². The largest absolute Gasteiger partial charge is 0.321 e. The first-order valence-corrected chi connectivity index (χ1v) is 22.2. The Labute approximate surface area is 424 Å². The molecule has 10 rings (SSSR count). The van der Waals surface area contributed by atoms with Crippen LogP contribution in [0.2, 0.25) is 0 Å². The maximum atomic E-state index is 4.31. The number of allylic oxidation sites excluding steroid dienone is 2. The van der Waals surface area contributed by atoms with Gasteiger partial charge in [-0.3, -0.25) is 9.99 Å². The van der Waals surface area contributed by atoms with E-state index < -0.39 is 0 Å². The summed E-state index contributed by atoms with van der Waals surface area (Å²) in [4.78, 5) is 20.2. The van der Waals surface area contributed by atoms with Gasteiger partial charge in [0.2, 0.25) is 0 Å². The van der Waals surface area contributed by atoms with E-state index in [0.717, 1.165) is 34.2 Å². The van der Waals surface area contributed by atoms with Crippen molar-refractivity contribution in [3.8, 4) is 0 Å². The molecule has 8 heterocycles. The minimum atomic E-state index is 0. The molecule has 0 bridgehead atoms. The molecule has 2 unspecified atom stereocenters. The number of pyridine rings is 3. The molecule has 2 atom stereocenters. The summed E-state index contributed by atoms with van der Waals surface area (Å²) in [7, 11) is 2.04. The Morgan fingerprint density at radius 2 is 1.18 bits per heavy atom. The van der Waals surface area contributed by atoms with Gasteiger partial charge in [-0.15, -0.1) is 5.10 Å². The van der Waals surface area contributed by atoms with E-state index in [2.05, 4.69) is 170 Å². The molecule has 0 fully saturated rings. The molecule has 8 aromatic rings. The van der Waals surface area contributed by atoms with Gasteiger partial charge in [-0.1, -0.05) is 49.8 Å². The van der Waals surface area contributed by atoms with Crippen molar-refractivity contribution in [2.75, 3.05) is 7.05 Å². The second-order valence-electron chi connectivity index (χ2n) is 16.8. The Balaban J connectivity index is 0.000000208. The number of aromatic nitrogens is 9. The fourth-order valence-electron chi connectivity index (χ4n) is 6.81. The summed E-state index contributed by atoms with van der Waals surface area (Å²) in [5.74, 6) is 2.06. The molecular formula is C55H68N11Y-. The molecular weight excluding hydrogens is 904 g/mol. The molecule has 0 spiro atoms. The van der Waals surface area contributed by atoms with Crippen molar-refractivity contribution in [3.63, 3.8) is 0 Å². The van der Waals surface area contributed by atoms with Crippen LogP contribution in [-0.2, 0) is 32.7 Å². The van der Waals surface area contributed by atoms with Gasteiger partial charge in [0.05, 0.1) is 17.9 Å². The standard InChI is InChI=1S/C10H14N2.C10H11N.C9H10N2.C8H9.C7H9N.C6H8N2.C5H7N3.Y/c1-7-4-5-8(2)10-9(7)6-11-12(10)3;1-8-5-6-9(2)11-7-3-4-10(8)11;1-7-3-4-8(2)11-6-5-10-9(7)11;1-7-4-3-5-8(2)6-7;1-6-3-4-7(2)8-5-6;1-5-3-7-6(2)8-4-5;1-4-3-6-5(2)8-7-4;/h4-6,9-10H,1-3H3;3-7H,1-2H3;3-6H,1-2H3;3-4,6H,1-2H3;3-5H,1-2H3;3-4H,1-2H3;3H,1-2H3;/q;;;-1;;;;. The van der Waals surface area contributed by atoms with E-state index in [4.69, 9.17) is 0 Å². The SMILES string of the molecule is CC1=CC=C(C)C2C1C=NN2C.Cc1[c-]ccc(C)c1.Cc1ccc(C)n2cccc12.Cc1ccc(C)n2ccnc12.Cc1ccc(C)nc1.Cc1cnc(C)nc1.Cc1cnc(C)nn1.[Y]. The summed E-state index contributed by atoms with van der Waals surface area (Å²) in [5.41, 5.74) is 17.0. The molecule has 1 aliphatic heterocycles. The Hall–Kier alpha value is -6.04. The first-order chi connectivity index (χ1) is 31.4. The van der Waals surface area contributed by atoms with Crippen LogP contribution in [0.25, 0.3) is 11.2 Å². The third-order valence-electron chi connectivity index (χ3n) is 10.7. The van der Waals surface area contributed by atoms with Gasteiger partial charge >= 0.3 is 0 Å². The summed E-state index contributed by atoms with van der Waals surface area (Å²) in [5, 5.41) is 13.8. The van der Waals surface area contributed by atoms with Gasteiger partial charge in [0.25, 0.3) is 0 Å². The van der Waals surface area contributed by atoms with Crippen molar-refractivity contribution < 1.29 is 32.7 Å². The molecule has 1 aromatic carbocycles. The number of likely N-dealkylation sites (N-methyl/N-ethyl adjacent to an activating group) is 1. The molecule has 1 radical (unpaired) electrons. The van der Waals surface area contributed by atoms with Gasteiger partial charge in [0.1, 0.15) is 17.3 Å². The first kappa shape index (κ1) is 55.3. The zero-order chi connectivity index (χ0) is 48.3. The minimum Gasteiger partial charge on any atom is -0.321 e. The maximum Gasteiger partial charge on any atom is 0.147 e. The van der Waals surface area contributed by atoms with Gasteiger partial charge in [-0.05, 0) is 141 Å².